The molecule has 4 aromatic heterocycles. The number of hydrogen-bond donors (Lipinski definition) is 6. The van der Waals surface area contributed by atoms with E-state index >= 15 is 0 Å². The summed E-state index contributed by atoms with van der Waals surface area (Å²) in [5, 5.41) is 45.8. The molecule has 0 unspecified atom stereocenters. The van der Waals surface area contributed by atoms with E-state index in [9.17, 15) is 29.7 Å². The van der Waals surface area contributed by atoms with E-state index in [1.165, 1.54) is 6.33 Å². The smallest absolute Gasteiger partial charge is 0.259 e. The molecule has 0 radical (unpaired) electrons. The Bertz CT molecular complexity index is 3310. The van der Waals surface area contributed by atoms with E-state index in [4.69, 9.17) is 9.47 Å². The number of anilines is 3. The van der Waals surface area contributed by atoms with Crippen molar-refractivity contribution in [3.63, 3.8) is 0 Å². The number of phenols is 3. The van der Waals surface area contributed by atoms with Crippen LogP contribution in [0.15, 0.2) is 153 Å². The van der Waals surface area contributed by atoms with Crippen LogP contribution in [0.2, 0.25) is 0 Å². The standard InChI is InChI=1S/C20H19N3O3.C18H13N5O2.C15H16N2O3/c24-19-17(8-3-14-2-1-9-21-18(14)19)20(25)22-15-4-6-16(7-5-15)23-10-12-26-13-11-23;24-17-15(8-3-12-2-1-9-20-16(12)17)18(25)22-13-4-6-14(7-5-13)23-11-19-10-21-23;18-14-12(4-3-10-2-1-7-16-13(10)14)15(19)17-11-5-8-20-9-6-11/h1-9,24H,10-13H2,(H,22,25);1-11,24H,(H,22,25);1-4,7,11,18H,5-6,8-9H2,(H,17,19). The molecule has 18 heteroatoms. The average molecular weight is 953 g/mol. The molecule has 0 aliphatic carbocycles. The fourth-order valence-corrected chi connectivity index (χ4v) is 8.06. The van der Waals surface area contributed by atoms with Gasteiger partial charge in [-0.05, 0) is 97.8 Å². The van der Waals surface area contributed by atoms with Crippen LogP contribution >= 0.6 is 0 Å². The monoisotopic (exact) mass is 952 g/mol. The van der Waals surface area contributed by atoms with Gasteiger partial charge in [0.2, 0.25) is 0 Å². The zero-order chi connectivity index (χ0) is 49.1. The maximum atomic E-state index is 12.5. The average Bonchev–Trinajstić information content (AvgIpc) is 3.96. The van der Waals surface area contributed by atoms with E-state index < -0.39 is 5.91 Å². The first-order chi connectivity index (χ1) is 34.7. The third kappa shape index (κ3) is 11.2. The van der Waals surface area contributed by atoms with Crippen LogP contribution in [0.25, 0.3) is 38.4 Å². The normalized spacial score (nSPS) is 13.6. The van der Waals surface area contributed by atoms with Crippen LogP contribution in [0.4, 0.5) is 17.1 Å². The molecule has 0 atom stereocenters. The number of carbonyl (C=O) groups excluding carboxylic acids is 3. The van der Waals surface area contributed by atoms with Crippen LogP contribution < -0.4 is 20.9 Å². The van der Waals surface area contributed by atoms with Gasteiger partial charge < -0.3 is 45.6 Å². The lowest BCUT2D eigenvalue weighted by atomic mass is 10.1. The highest BCUT2D eigenvalue weighted by molar-refractivity contribution is 6.10. The van der Waals surface area contributed by atoms with Crippen LogP contribution in [0, 0.1) is 0 Å². The van der Waals surface area contributed by atoms with Crippen molar-refractivity contribution in [2.24, 2.45) is 0 Å². The number of fused-ring (bicyclic) bond motifs is 3. The molecule has 2 aliphatic heterocycles. The van der Waals surface area contributed by atoms with E-state index in [1.807, 2.05) is 54.6 Å². The maximum absolute atomic E-state index is 12.5. The number of morpholine rings is 1. The summed E-state index contributed by atoms with van der Waals surface area (Å²) in [6, 6.07) is 35.9. The zero-order valence-electron chi connectivity index (χ0n) is 38.2. The Balaban J connectivity index is 0.000000133. The van der Waals surface area contributed by atoms with E-state index in [2.05, 4.69) is 45.9 Å². The van der Waals surface area contributed by atoms with E-state index in [-0.39, 0.29) is 51.8 Å². The van der Waals surface area contributed by atoms with Crippen LogP contribution in [0.1, 0.15) is 43.9 Å². The Morgan fingerprint density at radius 3 is 1.41 bits per heavy atom. The Hall–Kier alpha value is -9.00. The number of amides is 3. The summed E-state index contributed by atoms with van der Waals surface area (Å²) in [4.78, 5) is 55.8. The molecule has 5 aromatic carbocycles. The molecule has 2 saturated heterocycles. The van der Waals surface area contributed by atoms with Crippen LogP contribution in [0.3, 0.4) is 0 Å². The lowest BCUT2D eigenvalue weighted by Gasteiger charge is -2.28. The third-order valence-electron chi connectivity index (χ3n) is 11.8. The van der Waals surface area contributed by atoms with Gasteiger partial charge in [0, 0.05) is 84.2 Å². The van der Waals surface area contributed by atoms with Gasteiger partial charge in [-0.3, -0.25) is 29.3 Å². The summed E-state index contributed by atoms with van der Waals surface area (Å²) in [5.74, 6) is -1.33. The first-order valence-electron chi connectivity index (χ1n) is 22.8. The SMILES string of the molecule is O=C(NC1CCOCC1)c1ccc2cccnc2c1O.O=C(Nc1ccc(-n2cncn2)cc1)c1ccc2cccnc2c1O.O=C(Nc1ccc(N2CCOCC2)cc1)c1ccc2cccnc2c1O. The molecular weight excluding hydrogens is 905 g/mol. The highest BCUT2D eigenvalue weighted by Gasteiger charge is 2.21. The summed E-state index contributed by atoms with van der Waals surface area (Å²) in [5.41, 5.74) is 5.12. The number of hydrogen-bond acceptors (Lipinski definition) is 14. The van der Waals surface area contributed by atoms with E-state index in [0.29, 0.717) is 41.1 Å². The highest BCUT2D eigenvalue weighted by Crippen LogP contribution is 2.30. The van der Waals surface area contributed by atoms with Gasteiger partial charge in [-0.1, -0.05) is 36.4 Å². The molecular formula is C53H48N10O8. The van der Waals surface area contributed by atoms with Gasteiger partial charge in [0.15, 0.2) is 17.2 Å². The Morgan fingerprint density at radius 2 is 0.958 bits per heavy atom. The largest absolute Gasteiger partial charge is 0.505 e. The number of ether oxygens (including phenoxy) is 2. The van der Waals surface area contributed by atoms with Crippen LogP contribution in [-0.2, 0) is 9.47 Å². The second-order valence-electron chi connectivity index (χ2n) is 16.4. The molecule has 9 aromatic rings. The lowest BCUT2D eigenvalue weighted by molar-refractivity contribution is 0.0695. The number of benzene rings is 5. The van der Waals surface area contributed by atoms with Gasteiger partial charge in [0.05, 0.1) is 35.6 Å². The van der Waals surface area contributed by atoms with E-state index in [1.54, 1.807) is 96.3 Å². The molecule has 18 nitrogen and oxygen atoms in total. The molecule has 0 spiro atoms. The van der Waals surface area contributed by atoms with Crippen molar-refractivity contribution in [2.45, 2.75) is 18.9 Å². The molecule has 71 heavy (non-hydrogen) atoms. The summed E-state index contributed by atoms with van der Waals surface area (Å²) in [6.07, 6.45) is 9.42. The summed E-state index contributed by atoms with van der Waals surface area (Å²) >= 11 is 0. The Labute approximate surface area is 406 Å². The zero-order valence-corrected chi connectivity index (χ0v) is 38.2. The number of pyridine rings is 3. The van der Waals surface area contributed by atoms with E-state index in [0.717, 1.165) is 66.7 Å². The van der Waals surface area contributed by atoms with Crippen molar-refractivity contribution in [1.82, 2.24) is 35.0 Å². The molecule has 6 N–H and O–H groups in total. The van der Waals surface area contributed by atoms with Gasteiger partial charge in [-0.15, -0.1) is 0 Å². The van der Waals surface area contributed by atoms with Gasteiger partial charge in [0.25, 0.3) is 17.7 Å². The fraction of sp³-hybridized carbons (Fsp3) is 0.170. The summed E-state index contributed by atoms with van der Waals surface area (Å²) < 4.78 is 12.2. The molecule has 358 valence electrons. The van der Waals surface area contributed by atoms with Gasteiger partial charge in [-0.25, -0.2) is 9.67 Å². The predicted octanol–water partition coefficient (Wildman–Crippen LogP) is 7.65. The second kappa shape index (κ2) is 22.0. The molecule has 2 fully saturated rings. The number of carbonyl (C=O) groups is 3. The number of phenolic OH excluding ortho intramolecular Hbond substituents is 3. The first kappa shape index (κ1) is 47.1. The minimum Gasteiger partial charge on any atom is -0.505 e. The van der Waals surface area contributed by atoms with Crippen molar-refractivity contribution in [3.8, 4) is 22.9 Å². The molecule has 11 rings (SSSR count). The first-order valence-corrected chi connectivity index (χ1v) is 22.8. The van der Waals surface area contributed by atoms with Crippen molar-refractivity contribution in [1.29, 1.82) is 0 Å². The number of rotatable bonds is 8. The molecule has 0 saturated carbocycles. The third-order valence-corrected chi connectivity index (χ3v) is 11.8. The molecule has 6 heterocycles. The Morgan fingerprint density at radius 1 is 0.521 bits per heavy atom. The highest BCUT2D eigenvalue weighted by atomic mass is 16.5. The minimum atomic E-state index is -0.404. The van der Waals surface area contributed by atoms with Gasteiger partial charge in [0.1, 0.15) is 29.2 Å². The van der Waals surface area contributed by atoms with Gasteiger partial charge in [-0.2, -0.15) is 5.10 Å². The summed E-state index contributed by atoms with van der Waals surface area (Å²) in [7, 11) is 0. The van der Waals surface area contributed by atoms with Crippen molar-refractivity contribution in [3.05, 3.63) is 169 Å². The number of aromatic hydroxyl groups is 3. The van der Waals surface area contributed by atoms with Gasteiger partial charge >= 0.3 is 0 Å². The Kier molecular flexibility index (Phi) is 14.6. The van der Waals surface area contributed by atoms with Crippen molar-refractivity contribution < 1.29 is 39.2 Å². The topological polar surface area (TPSA) is 239 Å². The number of nitrogens with zero attached hydrogens (tertiary/aromatic N) is 7. The van der Waals surface area contributed by atoms with Crippen molar-refractivity contribution >= 4 is 67.5 Å². The summed E-state index contributed by atoms with van der Waals surface area (Å²) in [6.45, 7) is 4.52. The second-order valence-corrected chi connectivity index (χ2v) is 16.4. The minimum absolute atomic E-state index is 0.0624. The fourth-order valence-electron chi connectivity index (χ4n) is 8.06. The van der Waals surface area contributed by atoms with Crippen LogP contribution in [-0.4, -0.2) is 108 Å². The van der Waals surface area contributed by atoms with Crippen molar-refractivity contribution in [2.75, 3.05) is 55.1 Å². The molecule has 3 amide bonds. The molecule has 0 bridgehead atoms. The van der Waals surface area contributed by atoms with Crippen LogP contribution in [0.5, 0.6) is 17.2 Å². The molecule has 2 aliphatic rings. The maximum Gasteiger partial charge on any atom is 0.259 e. The number of aromatic nitrogens is 6. The lowest BCUT2D eigenvalue weighted by Crippen LogP contribution is -2.38. The number of nitrogens with one attached hydrogen (secondary N) is 3. The predicted molar refractivity (Wildman–Crippen MR) is 268 cm³/mol. The quantitative estimate of drug-likeness (QED) is 0.0858.